The summed E-state index contributed by atoms with van der Waals surface area (Å²) in [6.45, 7) is 0.287. The molecule has 0 aliphatic heterocycles. The van der Waals surface area contributed by atoms with Crippen molar-refractivity contribution in [3.63, 3.8) is 0 Å². The Balaban J connectivity index is 2.13. The zero-order valence-electron chi connectivity index (χ0n) is 10.3. The highest BCUT2D eigenvalue weighted by atomic mass is 79.9. The van der Waals surface area contributed by atoms with Gasteiger partial charge in [-0.1, -0.05) is 47.3 Å². The first-order chi connectivity index (χ1) is 8.31. The van der Waals surface area contributed by atoms with Crippen molar-refractivity contribution in [3.05, 3.63) is 33.8 Å². The molecule has 2 heteroatoms. The van der Waals surface area contributed by atoms with E-state index in [-0.39, 0.29) is 6.61 Å². The molecule has 0 bridgehead atoms. The molecule has 2 rings (SSSR count). The molecule has 0 spiro atoms. The van der Waals surface area contributed by atoms with Crippen molar-refractivity contribution in [1.82, 2.24) is 0 Å². The molecule has 0 heterocycles. The Morgan fingerprint density at radius 3 is 2.65 bits per heavy atom. The average Bonchev–Trinajstić information content (AvgIpc) is 2.39. The molecule has 0 amide bonds. The van der Waals surface area contributed by atoms with E-state index in [1.165, 1.54) is 47.7 Å². The van der Waals surface area contributed by atoms with Crippen molar-refractivity contribution >= 4 is 15.9 Å². The summed E-state index contributed by atoms with van der Waals surface area (Å²) < 4.78 is 1.26. The first-order valence-corrected chi connectivity index (χ1v) is 7.49. The lowest BCUT2D eigenvalue weighted by atomic mass is 9.83. The molecule has 17 heavy (non-hydrogen) atoms. The van der Waals surface area contributed by atoms with Crippen LogP contribution in [-0.4, -0.2) is 11.7 Å². The van der Waals surface area contributed by atoms with Gasteiger partial charge in [0.15, 0.2) is 0 Å². The van der Waals surface area contributed by atoms with Crippen LogP contribution in [0, 0.1) is 0 Å². The Morgan fingerprint density at radius 1 is 1.18 bits per heavy atom. The SMILES string of the molecule is OCCCc1ccc(Br)c(C2CCCCC2)c1. The summed E-state index contributed by atoms with van der Waals surface area (Å²) in [6, 6.07) is 6.69. The van der Waals surface area contributed by atoms with Crippen molar-refractivity contribution < 1.29 is 5.11 Å². The van der Waals surface area contributed by atoms with Gasteiger partial charge < -0.3 is 5.11 Å². The minimum absolute atomic E-state index is 0.287. The molecule has 1 saturated carbocycles. The Morgan fingerprint density at radius 2 is 1.94 bits per heavy atom. The maximum atomic E-state index is 8.89. The lowest BCUT2D eigenvalue weighted by molar-refractivity contribution is 0.288. The lowest BCUT2D eigenvalue weighted by Gasteiger charge is -2.23. The highest BCUT2D eigenvalue weighted by molar-refractivity contribution is 9.10. The van der Waals surface area contributed by atoms with E-state index in [0.717, 1.165) is 18.8 Å². The predicted molar refractivity (Wildman–Crippen MR) is 75.4 cm³/mol. The van der Waals surface area contributed by atoms with Crippen LogP contribution in [0.5, 0.6) is 0 Å². The third kappa shape index (κ3) is 3.56. The minimum atomic E-state index is 0.287. The second-order valence-corrected chi connectivity index (χ2v) is 5.87. The van der Waals surface area contributed by atoms with Crippen LogP contribution in [0.15, 0.2) is 22.7 Å². The first-order valence-electron chi connectivity index (χ1n) is 6.70. The van der Waals surface area contributed by atoms with Gasteiger partial charge >= 0.3 is 0 Å². The van der Waals surface area contributed by atoms with Crippen LogP contribution in [0.4, 0.5) is 0 Å². The molecule has 0 radical (unpaired) electrons. The fourth-order valence-electron chi connectivity index (χ4n) is 2.76. The monoisotopic (exact) mass is 296 g/mol. The molecule has 1 aromatic rings. The molecule has 1 nitrogen and oxygen atoms in total. The topological polar surface area (TPSA) is 20.2 Å². The van der Waals surface area contributed by atoms with Gasteiger partial charge in [0.1, 0.15) is 0 Å². The Bertz CT molecular complexity index is 356. The third-order valence-electron chi connectivity index (χ3n) is 3.73. The first kappa shape index (κ1) is 13.1. The van der Waals surface area contributed by atoms with Gasteiger partial charge in [-0.05, 0) is 48.8 Å². The summed E-state index contributed by atoms with van der Waals surface area (Å²) >= 11 is 3.68. The van der Waals surface area contributed by atoms with Crippen LogP contribution >= 0.6 is 15.9 Å². The van der Waals surface area contributed by atoms with E-state index >= 15 is 0 Å². The van der Waals surface area contributed by atoms with Crippen LogP contribution in [0.1, 0.15) is 55.6 Å². The zero-order chi connectivity index (χ0) is 12.1. The van der Waals surface area contributed by atoms with Crippen molar-refractivity contribution in [2.75, 3.05) is 6.61 Å². The molecule has 1 aromatic carbocycles. The normalized spacial score (nSPS) is 17.3. The number of halogens is 1. The quantitative estimate of drug-likeness (QED) is 0.872. The summed E-state index contributed by atoms with van der Waals surface area (Å²) in [5.74, 6) is 0.743. The van der Waals surface area contributed by atoms with Crippen LogP contribution < -0.4 is 0 Å². The van der Waals surface area contributed by atoms with E-state index in [2.05, 4.69) is 34.1 Å². The Hall–Kier alpha value is -0.340. The Kier molecular flexibility index (Phi) is 5.05. The van der Waals surface area contributed by atoms with Crippen molar-refractivity contribution in [2.24, 2.45) is 0 Å². The number of hydrogen-bond acceptors (Lipinski definition) is 1. The molecule has 94 valence electrons. The van der Waals surface area contributed by atoms with Gasteiger partial charge in [0.2, 0.25) is 0 Å². The van der Waals surface area contributed by atoms with Crippen molar-refractivity contribution in [2.45, 2.75) is 50.9 Å². The molecule has 0 atom stereocenters. The maximum Gasteiger partial charge on any atom is 0.0434 e. The lowest BCUT2D eigenvalue weighted by Crippen LogP contribution is -2.06. The maximum absolute atomic E-state index is 8.89. The summed E-state index contributed by atoms with van der Waals surface area (Å²) in [6.07, 6.45) is 8.67. The summed E-state index contributed by atoms with van der Waals surface area (Å²) in [4.78, 5) is 0. The van der Waals surface area contributed by atoms with Crippen LogP contribution in [0.25, 0.3) is 0 Å². The predicted octanol–water partition coefficient (Wildman–Crippen LogP) is 4.42. The van der Waals surface area contributed by atoms with Gasteiger partial charge in [0, 0.05) is 11.1 Å². The average molecular weight is 297 g/mol. The van der Waals surface area contributed by atoms with Crippen LogP contribution in [0.3, 0.4) is 0 Å². The molecular formula is C15H21BrO. The molecule has 0 saturated heterocycles. The van der Waals surface area contributed by atoms with Gasteiger partial charge in [-0.2, -0.15) is 0 Å². The summed E-state index contributed by atoms with van der Waals surface area (Å²) in [5, 5.41) is 8.89. The summed E-state index contributed by atoms with van der Waals surface area (Å²) in [7, 11) is 0. The van der Waals surface area contributed by atoms with E-state index in [1.807, 2.05) is 0 Å². The van der Waals surface area contributed by atoms with E-state index in [1.54, 1.807) is 0 Å². The smallest absolute Gasteiger partial charge is 0.0434 e. The molecule has 0 unspecified atom stereocenters. The zero-order valence-corrected chi connectivity index (χ0v) is 11.9. The van der Waals surface area contributed by atoms with Gasteiger partial charge in [-0.15, -0.1) is 0 Å². The fraction of sp³-hybridized carbons (Fsp3) is 0.600. The number of rotatable bonds is 4. The highest BCUT2D eigenvalue weighted by Crippen LogP contribution is 2.36. The number of aryl methyl sites for hydroxylation is 1. The second-order valence-electron chi connectivity index (χ2n) is 5.02. The van der Waals surface area contributed by atoms with Gasteiger partial charge in [-0.25, -0.2) is 0 Å². The number of benzene rings is 1. The van der Waals surface area contributed by atoms with Gasteiger partial charge in [-0.3, -0.25) is 0 Å². The second kappa shape index (κ2) is 6.55. The molecule has 0 aromatic heterocycles. The third-order valence-corrected chi connectivity index (χ3v) is 4.45. The Labute approximate surface area is 112 Å². The number of hydrogen-bond donors (Lipinski definition) is 1. The molecule has 1 fully saturated rings. The molecule has 1 aliphatic rings. The molecular weight excluding hydrogens is 276 g/mol. The van der Waals surface area contributed by atoms with Gasteiger partial charge in [0.05, 0.1) is 0 Å². The molecule has 1 aliphatic carbocycles. The minimum Gasteiger partial charge on any atom is -0.396 e. The number of aliphatic hydroxyl groups excluding tert-OH is 1. The number of aliphatic hydroxyl groups is 1. The largest absolute Gasteiger partial charge is 0.396 e. The van der Waals surface area contributed by atoms with Crippen molar-refractivity contribution in [3.8, 4) is 0 Å². The summed E-state index contributed by atoms with van der Waals surface area (Å²) in [5.41, 5.74) is 2.85. The van der Waals surface area contributed by atoms with E-state index in [9.17, 15) is 0 Å². The van der Waals surface area contributed by atoms with Crippen LogP contribution in [-0.2, 0) is 6.42 Å². The highest BCUT2D eigenvalue weighted by Gasteiger charge is 2.17. The van der Waals surface area contributed by atoms with Crippen molar-refractivity contribution in [1.29, 1.82) is 0 Å². The van der Waals surface area contributed by atoms with E-state index in [4.69, 9.17) is 5.11 Å². The van der Waals surface area contributed by atoms with E-state index in [0.29, 0.717) is 0 Å². The fourth-order valence-corrected chi connectivity index (χ4v) is 3.33. The van der Waals surface area contributed by atoms with E-state index < -0.39 is 0 Å². The van der Waals surface area contributed by atoms with Crippen LogP contribution in [0.2, 0.25) is 0 Å². The van der Waals surface area contributed by atoms with Gasteiger partial charge in [0.25, 0.3) is 0 Å². The molecule has 1 N–H and O–H groups in total. The standard InChI is InChI=1S/C15H21BrO/c16-15-9-8-12(5-4-10-17)11-14(15)13-6-2-1-3-7-13/h8-9,11,13,17H,1-7,10H2.